The molecule has 0 unspecified atom stereocenters. The summed E-state index contributed by atoms with van der Waals surface area (Å²) >= 11 is 0. The zero-order chi connectivity index (χ0) is 13.8. The average Bonchev–Trinajstić information content (AvgIpc) is 2.33. The molecule has 0 radical (unpaired) electrons. The molecular weight excluding hydrogens is 227 g/mol. The van der Waals surface area contributed by atoms with Gasteiger partial charge in [0, 0.05) is 13.1 Å². The van der Waals surface area contributed by atoms with Gasteiger partial charge in [0.05, 0.1) is 0 Å². The van der Waals surface area contributed by atoms with Crippen LogP contribution < -0.4 is 5.73 Å². The first-order valence-electron chi connectivity index (χ1n) is 6.55. The highest BCUT2D eigenvalue weighted by Gasteiger charge is 2.19. The molecule has 1 aromatic carbocycles. The Labute approximate surface area is 110 Å². The second kappa shape index (κ2) is 6.30. The van der Waals surface area contributed by atoms with Crippen molar-refractivity contribution in [1.82, 2.24) is 4.90 Å². The van der Waals surface area contributed by atoms with Crippen LogP contribution in [0.4, 0.5) is 4.39 Å². The van der Waals surface area contributed by atoms with Gasteiger partial charge in [-0.1, -0.05) is 32.9 Å². The van der Waals surface area contributed by atoms with E-state index in [1.54, 1.807) is 13.0 Å². The SMILES string of the molecule is CCN(Cc1ccc(F)c(C)c1)CC(C)(C)CN. The van der Waals surface area contributed by atoms with Gasteiger partial charge in [-0.15, -0.1) is 0 Å². The molecule has 18 heavy (non-hydrogen) atoms. The summed E-state index contributed by atoms with van der Waals surface area (Å²) in [6.45, 7) is 11.7. The van der Waals surface area contributed by atoms with Crippen LogP contribution in [0.25, 0.3) is 0 Å². The van der Waals surface area contributed by atoms with Gasteiger partial charge < -0.3 is 5.73 Å². The van der Waals surface area contributed by atoms with Gasteiger partial charge >= 0.3 is 0 Å². The first-order chi connectivity index (χ1) is 8.38. The fraction of sp³-hybridized carbons (Fsp3) is 0.600. The maximum Gasteiger partial charge on any atom is 0.126 e. The van der Waals surface area contributed by atoms with Gasteiger partial charge in [0.25, 0.3) is 0 Å². The van der Waals surface area contributed by atoms with Crippen LogP contribution >= 0.6 is 0 Å². The van der Waals surface area contributed by atoms with Crippen molar-refractivity contribution in [2.24, 2.45) is 11.1 Å². The molecule has 1 aromatic rings. The Balaban J connectivity index is 2.71. The Morgan fingerprint density at radius 3 is 2.50 bits per heavy atom. The standard InChI is InChI=1S/C15H25FN2/c1-5-18(11-15(3,4)10-17)9-13-6-7-14(16)12(2)8-13/h6-8H,5,9-11,17H2,1-4H3. The van der Waals surface area contributed by atoms with Crippen molar-refractivity contribution in [1.29, 1.82) is 0 Å². The molecule has 3 heteroatoms. The first-order valence-corrected chi connectivity index (χ1v) is 6.55. The van der Waals surface area contributed by atoms with Crippen LogP contribution in [0.3, 0.4) is 0 Å². The Morgan fingerprint density at radius 1 is 1.33 bits per heavy atom. The van der Waals surface area contributed by atoms with Crippen LogP contribution in [0.5, 0.6) is 0 Å². The molecule has 2 nitrogen and oxygen atoms in total. The normalized spacial score (nSPS) is 12.2. The molecule has 0 saturated heterocycles. The van der Waals surface area contributed by atoms with Gasteiger partial charge in [0.15, 0.2) is 0 Å². The molecule has 102 valence electrons. The number of aryl methyl sites for hydroxylation is 1. The zero-order valence-electron chi connectivity index (χ0n) is 12.0. The van der Waals surface area contributed by atoms with Crippen LogP contribution in [0.15, 0.2) is 18.2 Å². The van der Waals surface area contributed by atoms with Gasteiger partial charge in [0.1, 0.15) is 5.82 Å². The highest BCUT2D eigenvalue weighted by molar-refractivity contribution is 5.23. The minimum absolute atomic E-state index is 0.116. The summed E-state index contributed by atoms with van der Waals surface area (Å²) in [5.74, 6) is -0.135. The summed E-state index contributed by atoms with van der Waals surface area (Å²) < 4.78 is 13.2. The molecule has 0 bridgehead atoms. The van der Waals surface area contributed by atoms with Gasteiger partial charge in [-0.3, -0.25) is 4.90 Å². The molecule has 0 aliphatic rings. The molecule has 0 saturated carbocycles. The van der Waals surface area contributed by atoms with Gasteiger partial charge in [-0.2, -0.15) is 0 Å². The van der Waals surface area contributed by atoms with E-state index in [0.717, 1.165) is 25.2 Å². The van der Waals surface area contributed by atoms with Crippen molar-refractivity contribution in [3.05, 3.63) is 35.1 Å². The largest absolute Gasteiger partial charge is 0.330 e. The van der Waals surface area contributed by atoms with Gasteiger partial charge in [-0.25, -0.2) is 4.39 Å². The number of nitrogens with two attached hydrogens (primary N) is 1. The van der Waals surface area contributed by atoms with Crippen molar-refractivity contribution >= 4 is 0 Å². The lowest BCUT2D eigenvalue weighted by Gasteiger charge is -2.31. The second-order valence-corrected chi connectivity index (χ2v) is 5.76. The van der Waals surface area contributed by atoms with Crippen LogP contribution in [0, 0.1) is 18.2 Å². The highest BCUT2D eigenvalue weighted by Crippen LogP contribution is 2.17. The van der Waals surface area contributed by atoms with E-state index >= 15 is 0 Å². The molecular formula is C15H25FN2. The number of hydrogen-bond acceptors (Lipinski definition) is 2. The van der Waals surface area contributed by atoms with Gasteiger partial charge in [0.2, 0.25) is 0 Å². The number of hydrogen-bond donors (Lipinski definition) is 1. The monoisotopic (exact) mass is 252 g/mol. The minimum atomic E-state index is -0.135. The van der Waals surface area contributed by atoms with Crippen molar-refractivity contribution in [2.45, 2.75) is 34.2 Å². The molecule has 0 spiro atoms. The molecule has 0 fully saturated rings. The molecule has 0 atom stereocenters. The van der Waals surface area contributed by atoms with E-state index < -0.39 is 0 Å². The summed E-state index contributed by atoms with van der Waals surface area (Å²) in [5.41, 5.74) is 7.75. The fourth-order valence-corrected chi connectivity index (χ4v) is 2.01. The van der Waals surface area contributed by atoms with E-state index in [9.17, 15) is 4.39 Å². The Bertz CT molecular complexity index is 388. The van der Waals surface area contributed by atoms with E-state index in [0.29, 0.717) is 12.1 Å². The lowest BCUT2D eigenvalue weighted by molar-refractivity contribution is 0.183. The number of nitrogens with zero attached hydrogens (tertiary/aromatic N) is 1. The van der Waals surface area contributed by atoms with Crippen LogP contribution in [-0.4, -0.2) is 24.5 Å². The molecule has 2 N–H and O–H groups in total. The third-order valence-corrected chi connectivity index (χ3v) is 3.28. The Kier molecular flexibility index (Phi) is 5.29. The van der Waals surface area contributed by atoms with Crippen molar-refractivity contribution < 1.29 is 4.39 Å². The van der Waals surface area contributed by atoms with E-state index in [1.165, 1.54) is 0 Å². The summed E-state index contributed by atoms with van der Waals surface area (Å²) in [4.78, 5) is 2.35. The van der Waals surface area contributed by atoms with E-state index in [4.69, 9.17) is 5.73 Å². The van der Waals surface area contributed by atoms with E-state index in [-0.39, 0.29) is 11.2 Å². The predicted molar refractivity (Wildman–Crippen MR) is 74.9 cm³/mol. The smallest absolute Gasteiger partial charge is 0.126 e. The maximum atomic E-state index is 13.2. The average molecular weight is 252 g/mol. The number of halogens is 1. The molecule has 0 aliphatic heterocycles. The quantitative estimate of drug-likeness (QED) is 0.843. The highest BCUT2D eigenvalue weighted by atomic mass is 19.1. The Morgan fingerprint density at radius 2 is 2.00 bits per heavy atom. The van der Waals surface area contributed by atoms with Crippen LogP contribution in [0.2, 0.25) is 0 Å². The Hall–Kier alpha value is -0.930. The lowest BCUT2D eigenvalue weighted by Crippen LogP contribution is -2.38. The zero-order valence-corrected chi connectivity index (χ0v) is 12.0. The van der Waals surface area contributed by atoms with Crippen molar-refractivity contribution in [3.8, 4) is 0 Å². The molecule has 0 aromatic heterocycles. The van der Waals surface area contributed by atoms with E-state index in [1.807, 2.05) is 12.1 Å². The topological polar surface area (TPSA) is 29.3 Å². The second-order valence-electron chi connectivity index (χ2n) is 5.76. The first kappa shape index (κ1) is 15.1. The molecule has 0 amide bonds. The lowest BCUT2D eigenvalue weighted by atomic mass is 9.93. The summed E-state index contributed by atoms with van der Waals surface area (Å²) in [7, 11) is 0. The number of benzene rings is 1. The van der Waals surface area contributed by atoms with E-state index in [2.05, 4.69) is 25.7 Å². The number of rotatable bonds is 6. The van der Waals surface area contributed by atoms with Crippen molar-refractivity contribution in [2.75, 3.05) is 19.6 Å². The summed E-state index contributed by atoms with van der Waals surface area (Å²) in [6.07, 6.45) is 0. The molecule has 0 aliphatic carbocycles. The van der Waals surface area contributed by atoms with Crippen LogP contribution in [-0.2, 0) is 6.54 Å². The molecule has 1 rings (SSSR count). The third kappa shape index (κ3) is 4.39. The summed E-state index contributed by atoms with van der Waals surface area (Å²) in [5, 5.41) is 0. The minimum Gasteiger partial charge on any atom is -0.330 e. The summed E-state index contributed by atoms with van der Waals surface area (Å²) in [6, 6.07) is 5.33. The maximum absolute atomic E-state index is 13.2. The third-order valence-electron chi connectivity index (χ3n) is 3.28. The van der Waals surface area contributed by atoms with Crippen LogP contribution in [0.1, 0.15) is 31.9 Å². The van der Waals surface area contributed by atoms with Crippen molar-refractivity contribution in [3.63, 3.8) is 0 Å². The van der Waals surface area contributed by atoms with Gasteiger partial charge in [-0.05, 0) is 42.6 Å². The fourth-order valence-electron chi connectivity index (χ4n) is 2.01. The molecule has 0 heterocycles. The predicted octanol–water partition coefficient (Wildman–Crippen LogP) is 2.94.